The number of hydrogen-bond acceptors (Lipinski definition) is 2. The molecule has 0 unspecified atom stereocenters. The molecule has 130 valence electrons. The van der Waals surface area contributed by atoms with Crippen molar-refractivity contribution >= 4 is 33.9 Å². The highest BCUT2D eigenvalue weighted by atomic mass is 19.1. The van der Waals surface area contributed by atoms with Crippen LogP contribution in [0.5, 0.6) is 0 Å². The molecule has 0 aliphatic rings. The summed E-state index contributed by atoms with van der Waals surface area (Å²) in [6, 6.07) is 17.0. The number of carbonyl (C=O) groups is 2. The molecule has 2 N–H and O–H groups in total. The molecule has 0 fully saturated rings. The Morgan fingerprint density at radius 2 is 1.73 bits per heavy atom. The average molecular weight is 349 g/mol. The molecule has 1 amide bonds. The van der Waals surface area contributed by atoms with Gasteiger partial charge in [0.15, 0.2) is 0 Å². The normalized spacial score (nSPS) is 11.4. The van der Waals surface area contributed by atoms with Gasteiger partial charge in [-0.15, -0.1) is 0 Å². The molecular formula is C21H16FNO3. The summed E-state index contributed by atoms with van der Waals surface area (Å²) >= 11 is 0. The van der Waals surface area contributed by atoms with E-state index in [0.717, 1.165) is 34.0 Å². The van der Waals surface area contributed by atoms with E-state index in [1.807, 2.05) is 42.5 Å². The van der Waals surface area contributed by atoms with Gasteiger partial charge in [0.1, 0.15) is 5.82 Å². The van der Waals surface area contributed by atoms with Gasteiger partial charge in [0.25, 0.3) is 0 Å². The largest absolute Gasteiger partial charge is 0.478 e. The third kappa shape index (κ3) is 3.78. The van der Waals surface area contributed by atoms with Crippen LogP contribution in [0.2, 0.25) is 0 Å². The number of allylic oxidation sites excluding steroid dienone is 1. The fraction of sp³-hybridized carbons (Fsp3) is 0.0476. The van der Waals surface area contributed by atoms with Crippen molar-refractivity contribution in [3.8, 4) is 0 Å². The second-order valence-corrected chi connectivity index (χ2v) is 5.87. The van der Waals surface area contributed by atoms with E-state index in [4.69, 9.17) is 5.11 Å². The number of benzene rings is 3. The van der Waals surface area contributed by atoms with Gasteiger partial charge in [0.2, 0.25) is 5.91 Å². The Labute approximate surface area is 149 Å². The van der Waals surface area contributed by atoms with E-state index in [9.17, 15) is 14.0 Å². The minimum Gasteiger partial charge on any atom is -0.478 e. The number of amides is 1. The van der Waals surface area contributed by atoms with Gasteiger partial charge in [-0.3, -0.25) is 4.79 Å². The molecule has 0 aromatic heterocycles. The smallest absolute Gasteiger partial charge is 0.337 e. The van der Waals surface area contributed by atoms with Gasteiger partial charge in [-0.25, -0.2) is 9.18 Å². The van der Waals surface area contributed by atoms with Crippen molar-refractivity contribution in [2.24, 2.45) is 0 Å². The number of carboxylic acid groups (broad SMARTS) is 1. The molecule has 0 spiro atoms. The van der Waals surface area contributed by atoms with Crippen LogP contribution in [-0.2, 0) is 4.79 Å². The Morgan fingerprint density at radius 3 is 2.46 bits per heavy atom. The molecule has 0 bridgehead atoms. The lowest BCUT2D eigenvalue weighted by molar-refractivity contribution is -0.111. The van der Waals surface area contributed by atoms with Crippen molar-refractivity contribution in [1.29, 1.82) is 0 Å². The lowest BCUT2D eigenvalue weighted by Crippen LogP contribution is -2.12. The van der Waals surface area contributed by atoms with Crippen LogP contribution >= 0.6 is 0 Å². The number of rotatable bonds is 4. The van der Waals surface area contributed by atoms with Crippen LogP contribution in [0.1, 0.15) is 22.8 Å². The van der Waals surface area contributed by atoms with E-state index < -0.39 is 17.7 Å². The van der Waals surface area contributed by atoms with E-state index in [0.29, 0.717) is 0 Å². The molecule has 0 atom stereocenters. The SMILES string of the molecule is C/C(=C/C(=O)Nc1ccc(F)cc1C(=O)O)c1ccc2ccccc2c1. The average Bonchev–Trinajstić information content (AvgIpc) is 2.62. The van der Waals surface area contributed by atoms with E-state index >= 15 is 0 Å². The van der Waals surface area contributed by atoms with Crippen molar-refractivity contribution in [3.63, 3.8) is 0 Å². The molecule has 0 radical (unpaired) electrons. The zero-order valence-electron chi connectivity index (χ0n) is 14.0. The number of halogens is 1. The fourth-order valence-electron chi connectivity index (χ4n) is 2.69. The van der Waals surface area contributed by atoms with Crippen LogP contribution in [0.15, 0.2) is 66.7 Å². The molecule has 3 aromatic carbocycles. The number of anilines is 1. The molecule has 0 heterocycles. The molecule has 0 aliphatic carbocycles. The van der Waals surface area contributed by atoms with Gasteiger partial charge in [0, 0.05) is 6.08 Å². The van der Waals surface area contributed by atoms with Crippen LogP contribution in [0.3, 0.4) is 0 Å². The molecule has 3 aromatic rings. The summed E-state index contributed by atoms with van der Waals surface area (Å²) in [6.07, 6.45) is 1.39. The molecule has 26 heavy (non-hydrogen) atoms. The number of fused-ring (bicyclic) bond motifs is 1. The second kappa shape index (κ2) is 7.19. The van der Waals surface area contributed by atoms with Crippen molar-refractivity contribution in [1.82, 2.24) is 0 Å². The predicted molar refractivity (Wildman–Crippen MR) is 99.6 cm³/mol. The Hall–Kier alpha value is -3.47. The summed E-state index contributed by atoms with van der Waals surface area (Å²) in [4.78, 5) is 23.4. The first-order valence-electron chi connectivity index (χ1n) is 7.95. The van der Waals surface area contributed by atoms with Crippen LogP contribution < -0.4 is 5.32 Å². The van der Waals surface area contributed by atoms with Crippen molar-refractivity contribution in [2.45, 2.75) is 6.92 Å². The van der Waals surface area contributed by atoms with Gasteiger partial charge in [0.05, 0.1) is 11.3 Å². The number of carboxylic acids is 1. The Kier molecular flexibility index (Phi) is 4.80. The predicted octanol–water partition coefficient (Wildman–Crippen LogP) is 4.72. The van der Waals surface area contributed by atoms with Gasteiger partial charge in [-0.05, 0) is 53.1 Å². The van der Waals surface area contributed by atoms with Crippen LogP contribution in [-0.4, -0.2) is 17.0 Å². The highest BCUT2D eigenvalue weighted by molar-refractivity contribution is 6.07. The lowest BCUT2D eigenvalue weighted by Gasteiger charge is -2.08. The zero-order chi connectivity index (χ0) is 18.7. The van der Waals surface area contributed by atoms with Crippen molar-refractivity contribution in [2.75, 3.05) is 5.32 Å². The molecule has 4 nitrogen and oxygen atoms in total. The first kappa shape index (κ1) is 17.4. The third-order valence-electron chi connectivity index (χ3n) is 4.02. The van der Waals surface area contributed by atoms with E-state index in [1.165, 1.54) is 12.1 Å². The minimum atomic E-state index is -1.31. The summed E-state index contributed by atoms with van der Waals surface area (Å²) < 4.78 is 13.2. The number of hydrogen-bond donors (Lipinski definition) is 2. The fourth-order valence-corrected chi connectivity index (χ4v) is 2.69. The van der Waals surface area contributed by atoms with E-state index in [1.54, 1.807) is 6.92 Å². The molecule has 3 rings (SSSR count). The minimum absolute atomic E-state index is 0.0476. The molecule has 0 saturated heterocycles. The summed E-state index contributed by atoms with van der Waals surface area (Å²) in [5, 5.41) is 13.8. The van der Waals surface area contributed by atoms with Gasteiger partial charge < -0.3 is 10.4 Å². The van der Waals surface area contributed by atoms with Gasteiger partial charge in [-0.2, -0.15) is 0 Å². The summed E-state index contributed by atoms with van der Waals surface area (Å²) in [5.41, 5.74) is 1.37. The highest BCUT2D eigenvalue weighted by Gasteiger charge is 2.13. The van der Waals surface area contributed by atoms with Crippen molar-refractivity contribution in [3.05, 3.63) is 83.7 Å². The first-order chi connectivity index (χ1) is 12.4. The number of carbonyl (C=O) groups excluding carboxylic acids is 1. The summed E-state index contributed by atoms with van der Waals surface area (Å²) in [7, 11) is 0. The third-order valence-corrected chi connectivity index (χ3v) is 4.02. The van der Waals surface area contributed by atoms with Gasteiger partial charge >= 0.3 is 5.97 Å². The lowest BCUT2D eigenvalue weighted by atomic mass is 10.0. The molecule has 0 saturated carbocycles. The van der Waals surface area contributed by atoms with E-state index in [2.05, 4.69) is 5.32 Å². The van der Waals surface area contributed by atoms with Crippen LogP contribution in [0, 0.1) is 5.82 Å². The maximum atomic E-state index is 13.2. The Morgan fingerprint density at radius 1 is 1.00 bits per heavy atom. The van der Waals surface area contributed by atoms with Crippen LogP contribution in [0.25, 0.3) is 16.3 Å². The van der Waals surface area contributed by atoms with Crippen LogP contribution in [0.4, 0.5) is 10.1 Å². The maximum absolute atomic E-state index is 13.2. The monoisotopic (exact) mass is 349 g/mol. The Balaban J connectivity index is 1.85. The van der Waals surface area contributed by atoms with E-state index in [-0.39, 0.29) is 11.3 Å². The number of aromatic carboxylic acids is 1. The second-order valence-electron chi connectivity index (χ2n) is 5.87. The highest BCUT2D eigenvalue weighted by Crippen LogP contribution is 2.22. The molecular weight excluding hydrogens is 333 g/mol. The van der Waals surface area contributed by atoms with Gasteiger partial charge in [-0.1, -0.05) is 36.4 Å². The maximum Gasteiger partial charge on any atom is 0.337 e. The zero-order valence-corrected chi connectivity index (χ0v) is 14.0. The topological polar surface area (TPSA) is 66.4 Å². The summed E-state index contributed by atoms with van der Waals surface area (Å²) in [5.74, 6) is -2.47. The quantitative estimate of drug-likeness (QED) is 0.670. The van der Waals surface area contributed by atoms with Crippen molar-refractivity contribution < 1.29 is 19.1 Å². The Bertz CT molecular complexity index is 1040. The summed E-state index contributed by atoms with van der Waals surface area (Å²) in [6.45, 7) is 1.80. The number of nitrogens with one attached hydrogen (secondary N) is 1. The molecule has 0 aliphatic heterocycles. The standard InChI is InChI=1S/C21H16FNO3/c1-13(15-7-6-14-4-2-3-5-16(14)11-15)10-20(24)23-19-9-8-17(22)12-18(19)21(25)26/h2-12H,1H3,(H,23,24)(H,25,26)/b13-10-. The molecule has 5 heteroatoms. The first-order valence-corrected chi connectivity index (χ1v) is 7.95.